The number of rotatable bonds is 2. The van der Waals surface area contributed by atoms with E-state index in [4.69, 9.17) is 9.47 Å². The minimum atomic E-state index is -0.245. The van der Waals surface area contributed by atoms with Gasteiger partial charge in [-0.1, -0.05) is 30.3 Å². The Balaban J connectivity index is 1.58. The van der Waals surface area contributed by atoms with E-state index in [-0.39, 0.29) is 18.2 Å². The van der Waals surface area contributed by atoms with E-state index >= 15 is 0 Å². The minimum Gasteiger partial charge on any atom is -0.445 e. The van der Waals surface area contributed by atoms with Crippen molar-refractivity contribution < 1.29 is 14.3 Å². The Morgan fingerprint density at radius 3 is 3.05 bits per heavy atom. The van der Waals surface area contributed by atoms with E-state index in [1.807, 2.05) is 30.3 Å². The fourth-order valence-electron chi connectivity index (χ4n) is 2.50. The predicted molar refractivity (Wildman–Crippen MR) is 69.7 cm³/mol. The average molecular weight is 262 g/mol. The van der Waals surface area contributed by atoms with E-state index < -0.39 is 0 Å². The lowest BCUT2D eigenvalue weighted by molar-refractivity contribution is 0.0631. The van der Waals surface area contributed by atoms with E-state index in [1.54, 1.807) is 4.90 Å². The molecular weight excluding hydrogens is 244 g/mol. The zero-order chi connectivity index (χ0) is 13.1. The third kappa shape index (κ3) is 2.88. The number of carbonyl (C=O) groups is 1. The molecule has 2 bridgehead atoms. The van der Waals surface area contributed by atoms with Crippen LogP contribution in [-0.4, -0.2) is 49.4 Å². The molecule has 0 saturated carbocycles. The van der Waals surface area contributed by atoms with Gasteiger partial charge in [-0.25, -0.2) is 4.79 Å². The molecule has 0 aliphatic carbocycles. The molecule has 3 saturated heterocycles. The third-order valence-electron chi connectivity index (χ3n) is 3.57. The molecule has 5 heteroatoms. The van der Waals surface area contributed by atoms with Crippen molar-refractivity contribution in [3.05, 3.63) is 35.9 Å². The molecular formula is C14H18N2O3. The van der Waals surface area contributed by atoms with Gasteiger partial charge >= 0.3 is 6.09 Å². The summed E-state index contributed by atoms with van der Waals surface area (Å²) in [5.74, 6) is 0. The molecule has 2 atom stereocenters. The lowest BCUT2D eigenvalue weighted by Crippen LogP contribution is -2.57. The van der Waals surface area contributed by atoms with E-state index in [0.29, 0.717) is 26.4 Å². The topological polar surface area (TPSA) is 50.8 Å². The number of piperazine rings is 1. The molecule has 1 aromatic carbocycles. The first-order chi connectivity index (χ1) is 9.33. The van der Waals surface area contributed by atoms with Crippen LogP contribution in [0.4, 0.5) is 4.79 Å². The average Bonchev–Trinajstić information content (AvgIpc) is 2.81. The Labute approximate surface area is 112 Å². The first-order valence-corrected chi connectivity index (χ1v) is 6.61. The standard InChI is InChI=1S/C14H18N2O3/c17-14(19-8-11-4-2-1-3-5-11)16-7-12-9-18-10-13(16)6-15-12/h1-5,12-13,15H,6-10H2. The van der Waals surface area contributed by atoms with Crippen LogP contribution >= 0.6 is 0 Å². The molecule has 0 aromatic heterocycles. The van der Waals surface area contributed by atoms with Crippen LogP contribution in [0.1, 0.15) is 5.56 Å². The summed E-state index contributed by atoms with van der Waals surface area (Å²) >= 11 is 0. The van der Waals surface area contributed by atoms with Crippen molar-refractivity contribution in [1.29, 1.82) is 0 Å². The zero-order valence-electron chi connectivity index (χ0n) is 10.7. The number of amides is 1. The Bertz CT molecular complexity index is 434. The number of carbonyl (C=O) groups excluding carboxylic acids is 1. The van der Waals surface area contributed by atoms with Crippen LogP contribution in [0.5, 0.6) is 0 Å². The first kappa shape index (κ1) is 12.4. The van der Waals surface area contributed by atoms with Gasteiger partial charge in [-0.05, 0) is 5.56 Å². The summed E-state index contributed by atoms with van der Waals surface area (Å²) in [5.41, 5.74) is 1.00. The highest BCUT2D eigenvalue weighted by Crippen LogP contribution is 2.15. The molecule has 19 heavy (non-hydrogen) atoms. The van der Waals surface area contributed by atoms with Crippen LogP contribution in [-0.2, 0) is 16.1 Å². The van der Waals surface area contributed by atoms with Crippen molar-refractivity contribution in [2.75, 3.05) is 26.3 Å². The SMILES string of the molecule is O=C(OCc1ccccc1)N1CC2COCC1CN2. The number of hydrogen-bond donors (Lipinski definition) is 1. The van der Waals surface area contributed by atoms with Gasteiger partial charge in [0, 0.05) is 19.1 Å². The van der Waals surface area contributed by atoms with Gasteiger partial charge in [0.05, 0.1) is 19.3 Å². The summed E-state index contributed by atoms with van der Waals surface area (Å²) in [7, 11) is 0. The highest BCUT2D eigenvalue weighted by molar-refractivity contribution is 5.68. The number of benzene rings is 1. The van der Waals surface area contributed by atoms with Crippen molar-refractivity contribution in [2.24, 2.45) is 0 Å². The fraction of sp³-hybridized carbons (Fsp3) is 0.500. The van der Waals surface area contributed by atoms with Gasteiger partial charge in [0.15, 0.2) is 0 Å². The van der Waals surface area contributed by atoms with Crippen LogP contribution in [0, 0.1) is 0 Å². The van der Waals surface area contributed by atoms with Crippen molar-refractivity contribution in [1.82, 2.24) is 10.2 Å². The van der Waals surface area contributed by atoms with Crippen LogP contribution in [0.3, 0.4) is 0 Å². The van der Waals surface area contributed by atoms with Crippen molar-refractivity contribution in [3.63, 3.8) is 0 Å². The summed E-state index contributed by atoms with van der Waals surface area (Å²) in [6, 6.07) is 10.0. The summed E-state index contributed by atoms with van der Waals surface area (Å²) < 4.78 is 10.9. The molecule has 1 N–H and O–H groups in total. The summed E-state index contributed by atoms with van der Waals surface area (Å²) in [6.07, 6.45) is -0.245. The quantitative estimate of drug-likeness (QED) is 0.863. The number of ether oxygens (including phenoxy) is 2. The van der Waals surface area contributed by atoms with Gasteiger partial charge in [-0.15, -0.1) is 0 Å². The predicted octanol–water partition coefficient (Wildman–Crippen LogP) is 0.996. The number of nitrogens with zero attached hydrogens (tertiary/aromatic N) is 1. The lowest BCUT2D eigenvalue weighted by atomic mass is 10.1. The highest BCUT2D eigenvalue weighted by Gasteiger charge is 2.35. The summed E-state index contributed by atoms with van der Waals surface area (Å²) in [6.45, 7) is 3.02. The van der Waals surface area contributed by atoms with Gasteiger partial charge in [-0.3, -0.25) is 4.90 Å². The van der Waals surface area contributed by atoms with E-state index in [0.717, 1.165) is 12.1 Å². The molecule has 2 unspecified atom stereocenters. The number of hydrogen-bond acceptors (Lipinski definition) is 4. The minimum absolute atomic E-state index is 0.0852. The summed E-state index contributed by atoms with van der Waals surface area (Å²) in [4.78, 5) is 13.9. The lowest BCUT2D eigenvalue weighted by Gasteiger charge is -2.35. The maximum absolute atomic E-state index is 12.1. The Morgan fingerprint density at radius 2 is 2.21 bits per heavy atom. The highest BCUT2D eigenvalue weighted by atomic mass is 16.6. The van der Waals surface area contributed by atoms with Crippen molar-refractivity contribution >= 4 is 6.09 Å². The fourth-order valence-corrected chi connectivity index (χ4v) is 2.50. The normalized spacial score (nSPS) is 26.0. The second-order valence-corrected chi connectivity index (χ2v) is 4.99. The molecule has 3 aliphatic heterocycles. The van der Waals surface area contributed by atoms with Gasteiger partial charge in [0.1, 0.15) is 6.61 Å². The molecule has 102 valence electrons. The van der Waals surface area contributed by atoms with Crippen molar-refractivity contribution in [3.8, 4) is 0 Å². The molecule has 3 heterocycles. The van der Waals surface area contributed by atoms with E-state index in [9.17, 15) is 4.79 Å². The van der Waals surface area contributed by atoms with Crippen LogP contribution in [0.25, 0.3) is 0 Å². The molecule has 4 rings (SSSR count). The van der Waals surface area contributed by atoms with E-state index in [1.165, 1.54) is 0 Å². The smallest absolute Gasteiger partial charge is 0.410 e. The zero-order valence-corrected chi connectivity index (χ0v) is 10.7. The van der Waals surface area contributed by atoms with Crippen LogP contribution in [0.2, 0.25) is 0 Å². The maximum atomic E-state index is 12.1. The molecule has 3 aliphatic rings. The summed E-state index contributed by atoms with van der Waals surface area (Å²) in [5, 5.41) is 3.37. The Morgan fingerprint density at radius 1 is 1.37 bits per heavy atom. The first-order valence-electron chi connectivity index (χ1n) is 6.61. The number of nitrogens with one attached hydrogen (secondary N) is 1. The Kier molecular flexibility index (Phi) is 3.66. The monoisotopic (exact) mass is 262 g/mol. The van der Waals surface area contributed by atoms with Gasteiger partial charge in [0.2, 0.25) is 0 Å². The third-order valence-corrected chi connectivity index (χ3v) is 3.57. The number of fused-ring (bicyclic) bond motifs is 4. The van der Waals surface area contributed by atoms with Gasteiger partial charge in [-0.2, -0.15) is 0 Å². The molecule has 0 spiro atoms. The molecule has 3 fully saturated rings. The molecule has 1 amide bonds. The second-order valence-electron chi connectivity index (χ2n) is 4.99. The molecule has 5 nitrogen and oxygen atoms in total. The maximum Gasteiger partial charge on any atom is 0.410 e. The van der Waals surface area contributed by atoms with E-state index in [2.05, 4.69) is 5.32 Å². The second kappa shape index (κ2) is 5.59. The van der Waals surface area contributed by atoms with Crippen molar-refractivity contribution in [2.45, 2.75) is 18.7 Å². The van der Waals surface area contributed by atoms with Crippen LogP contribution in [0.15, 0.2) is 30.3 Å². The largest absolute Gasteiger partial charge is 0.445 e. The van der Waals surface area contributed by atoms with Crippen LogP contribution < -0.4 is 5.32 Å². The van der Waals surface area contributed by atoms with Gasteiger partial charge < -0.3 is 14.8 Å². The Hall–Kier alpha value is -1.59. The molecule has 0 radical (unpaired) electrons. The van der Waals surface area contributed by atoms with Gasteiger partial charge in [0.25, 0.3) is 0 Å². The molecule has 1 aromatic rings.